The third kappa shape index (κ3) is 5.73. The summed E-state index contributed by atoms with van der Waals surface area (Å²) in [6.45, 7) is 6.34. The summed E-state index contributed by atoms with van der Waals surface area (Å²) in [4.78, 5) is 21.4. The molecular formula is C25H35N3O2S. The number of piperidine rings is 1. The van der Waals surface area contributed by atoms with Gasteiger partial charge in [-0.05, 0) is 69.7 Å². The fourth-order valence-electron chi connectivity index (χ4n) is 5.02. The van der Waals surface area contributed by atoms with E-state index < -0.39 is 0 Å². The highest BCUT2D eigenvalue weighted by Crippen LogP contribution is 2.36. The lowest BCUT2D eigenvalue weighted by molar-refractivity contribution is -0.136. The minimum Gasteiger partial charge on any atom is -0.381 e. The molecule has 1 amide bonds. The van der Waals surface area contributed by atoms with Crippen molar-refractivity contribution in [1.29, 1.82) is 0 Å². The first-order valence-electron chi connectivity index (χ1n) is 11.6. The first kappa shape index (κ1) is 22.4. The molecule has 0 bridgehead atoms. The maximum atomic E-state index is 13.4. The van der Waals surface area contributed by atoms with Crippen molar-refractivity contribution in [3.05, 3.63) is 51.5 Å². The first-order valence-corrected chi connectivity index (χ1v) is 12.4. The number of nitrogens with zero attached hydrogens (tertiary/aromatic N) is 2. The largest absolute Gasteiger partial charge is 0.381 e. The molecule has 0 aliphatic carbocycles. The molecule has 0 radical (unpaired) electrons. The zero-order valence-corrected chi connectivity index (χ0v) is 19.7. The average Bonchev–Trinajstić information content (AvgIpc) is 3.19. The van der Waals surface area contributed by atoms with Gasteiger partial charge in [-0.1, -0.05) is 24.3 Å². The number of thiazole rings is 1. The van der Waals surface area contributed by atoms with Gasteiger partial charge in [0.05, 0.1) is 10.4 Å². The van der Waals surface area contributed by atoms with Crippen molar-refractivity contribution in [3.8, 4) is 0 Å². The van der Waals surface area contributed by atoms with Crippen LogP contribution in [0.15, 0.2) is 30.5 Å². The Bertz CT molecular complexity index is 875. The van der Waals surface area contributed by atoms with Crippen LogP contribution in [0.2, 0.25) is 0 Å². The van der Waals surface area contributed by atoms with Crippen LogP contribution in [0.4, 0.5) is 0 Å². The monoisotopic (exact) mass is 441 g/mol. The van der Waals surface area contributed by atoms with Crippen LogP contribution in [-0.2, 0) is 22.4 Å². The molecule has 2 aliphatic heterocycles. The molecule has 2 aliphatic rings. The maximum absolute atomic E-state index is 13.4. The van der Waals surface area contributed by atoms with Gasteiger partial charge in [-0.25, -0.2) is 4.98 Å². The van der Waals surface area contributed by atoms with E-state index in [0.717, 1.165) is 37.2 Å². The number of hydrogen-bond acceptors (Lipinski definition) is 5. The zero-order chi connectivity index (χ0) is 21.7. The van der Waals surface area contributed by atoms with Crippen molar-refractivity contribution in [2.75, 3.05) is 39.9 Å². The smallest absolute Gasteiger partial charge is 0.226 e. The lowest BCUT2D eigenvalue weighted by Crippen LogP contribution is -2.46. The number of nitrogens with one attached hydrogen (secondary N) is 1. The Morgan fingerprint density at radius 2 is 2.19 bits per heavy atom. The number of benzene rings is 1. The van der Waals surface area contributed by atoms with Gasteiger partial charge in [-0.3, -0.25) is 4.79 Å². The summed E-state index contributed by atoms with van der Waals surface area (Å²) in [6, 6.07) is 8.99. The van der Waals surface area contributed by atoms with E-state index in [4.69, 9.17) is 4.74 Å². The second kappa shape index (κ2) is 10.2. The highest BCUT2D eigenvalue weighted by Gasteiger charge is 2.40. The lowest BCUT2D eigenvalue weighted by Gasteiger charge is -2.36. The molecule has 168 valence electrons. The molecule has 6 heteroatoms. The van der Waals surface area contributed by atoms with Gasteiger partial charge < -0.3 is 15.0 Å². The van der Waals surface area contributed by atoms with Crippen LogP contribution in [0.25, 0.3) is 0 Å². The maximum Gasteiger partial charge on any atom is 0.226 e. The second-order valence-electron chi connectivity index (χ2n) is 9.29. The van der Waals surface area contributed by atoms with E-state index >= 15 is 0 Å². The van der Waals surface area contributed by atoms with Crippen molar-refractivity contribution >= 4 is 17.2 Å². The fraction of sp³-hybridized carbons (Fsp3) is 0.600. The van der Waals surface area contributed by atoms with E-state index in [1.807, 2.05) is 6.20 Å². The van der Waals surface area contributed by atoms with Crippen molar-refractivity contribution in [1.82, 2.24) is 15.2 Å². The van der Waals surface area contributed by atoms with Crippen molar-refractivity contribution < 1.29 is 9.53 Å². The van der Waals surface area contributed by atoms with Crippen LogP contribution >= 0.6 is 11.3 Å². The van der Waals surface area contributed by atoms with E-state index in [0.29, 0.717) is 25.7 Å². The molecular weight excluding hydrogens is 406 g/mol. The molecule has 0 spiro atoms. The second-order valence-corrected chi connectivity index (χ2v) is 10.6. The SMILES string of the molecule is Cc1cnc(CCNC(=O)C2(Cc3cccc([C@@H]4CCCN(C)C4)c3)CCOCC2)s1. The molecule has 3 heterocycles. The third-order valence-electron chi connectivity index (χ3n) is 6.81. The summed E-state index contributed by atoms with van der Waals surface area (Å²) in [5.41, 5.74) is 2.32. The van der Waals surface area contributed by atoms with E-state index in [1.54, 1.807) is 11.3 Å². The molecule has 2 fully saturated rings. The Morgan fingerprint density at radius 1 is 1.35 bits per heavy atom. The normalized spacial score (nSPS) is 21.7. The van der Waals surface area contributed by atoms with Crippen LogP contribution in [0.1, 0.15) is 52.6 Å². The van der Waals surface area contributed by atoms with Gasteiger partial charge in [-0.2, -0.15) is 0 Å². The Kier molecular flexibility index (Phi) is 7.41. The quantitative estimate of drug-likeness (QED) is 0.707. The number of rotatable bonds is 7. The summed E-state index contributed by atoms with van der Waals surface area (Å²) in [5, 5.41) is 4.31. The molecule has 0 saturated carbocycles. The van der Waals surface area contributed by atoms with Gasteiger partial charge in [0.2, 0.25) is 5.91 Å². The first-order chi connectivity index (χ1) is 15.0. The molecule has 0 unspecified atom stereocenters. The van der Waals surface area contributed by atoms with Gasteiger partial charge in [0.25, 0.3) is 0 Å². The summed E-state index contributed by atoms with van der Waals surface area (Å²) >= 11 is 1.71. The molecule has 1 N–H and O–H groups in total. The summed E-state index contributed by atoms with van der Waals surface area (Å²) in [6.07, 6.45) is 7.56. The summed E-state index contributed by atoms with van der Waals surface area (Å²) in [7, 11) is 2.21. The lowest BCUT2D eigenvalue weighted by atomic mass is 9.74. The highest BCUT2D eigenvalue weighted by molar-refractivity contribution is 7.11. The van der Waals surface area contributed by atoms with Crippen LogP contribution in [-0.4, -0.2) is 55.7 Å². The van der Waals surface area contributed by atoms with Crippen molar-refractivity contribution in [3.63, 3.8) is 0 Å². The van der Waals surface area contributed by atoms with Gasteiger partial charge in [0, 0.05) is 43.8 Å². The number of carbonyl (C=O) groups excluding carboxylic acids is 1. The number of likely N-dealkylation sites (N-methyl/N-ethyl adjacent to an activating group) is 1. The number of likely N-dealkylation sites (tertiary alicyclic amines) is 1. The molecule has 1 aromatic carbocycles. The van der Waals surface area contributed by atoms with Crippen molar-refractivity contribution in [2.24, 2.45) is 5.41 Å². The molecule has 1 aromatic heterocycles. The molecule has 2 aromatic rings. The average molecular weight is 442 g/mol. The topological polar surface area (TPSA) is 54.5 Å². The molecule has 4 rings (SSSR count). The summed E-state index contributed by atoms with van der Waals surface area (Å²) in [5.74, 6) is 0.770. The van der Waals surface area contributed by atoms with E-state index in [-0.39, 0.29) is 11.3 Å². The van der Waals surface area contributed by atoms with Gasteiger partial charge in [-0.15, -0.1) is 11.3 Å². The molecule has 31 heavy (non-hydrogen) atoms. The van der Waals surface area contributed by atoms with Gasteiger partial charge in [0.15, 0.2) is 0 Å². The Morgan fingerprint density at radius 3 is 2.94 bits per heavy atom. The number of amides is 1. The Balaban J connectivity index is 1.43. The molecule has 5 nitrogen and oxygen atoms in total. The number of hydrogen-bond donors (Lipinski definition) is 1. The van der Waals surface area contributed by atoms with Gasteiger partial charge in [0.1, 0.15) is 0 Å². The number of aromatic nitrogens is 1. The third-order valence-corrected chi connectivity index (χ3v) is 7.79. The van der Waals surface area contributed by atoms with Crippen molar-refractivity contribution in [2.45, 2.75) is 51.4 Å². The molecule has 1 atom stereocenters. The van der Waals surface area contributed by atoms with Gasteiger partial charge >= 0.3 is 0 Å². The van der Waals surface area contributed by atoms with Crippen LogP contribution in [0.5, 0.6) is 0 Å². The Labute approximate surface area is 190 Å². The zero-order valence-electron chi connectivity index (χ0n) is 18.9. The standard InChI is InChI=1S/C25H35N3O2S/c1-19-17-27-23(31-19)8-11-26-24(29)25(9-13-30-14-10-25)16-20-5-3-6-21(15-20)22-7-4-12-28(2)18-22/h3,5-6,15,17,22H,4,7-14,16,18H2,1-2H3,(H,26,29)/t22-/m1/s1. The molecule has 2 saturated heterocycles. The highest BCUT2D eigenvalue weighted by atomic mass is 32.1. The van der Waals surface area contributed by atoms with Crippen LogP contribution in [0, 0.1) is 12.3 Å². The van der Waals surface area contributed by atoms with Crippen LogP contribution in [0.3, 0.4) is 0 Å². The number of ether oxygens (including phenoxy) is 1. The Hall–Kier alpha value is -1.76. The van der Waals surface area contributed by atoms with E-state index in [9.17, 15) is 4.79 Å². The summed E-state index contributed by atoms with van der Waals surface area (Å²) < 4.78 is 5.63. The van der Waals surface area contributed by atoms with E-state index in [2.05, 4.69) is 53.4 Å². The number of aryl methyl sites for hydroxylation is 1. The minimum absolute atomic E-state index is 0.173. The number of carbonyl (C=O) groups is 1. The fourth-order valence-corrected chi connectivity index (χ4v) is 5.81. The predicted molar refractivity (Wildman–Crippen MR) is 126 cm³/mol. The van der Waals surface area contributed by atoms with Crippen LogP contribution < -0.4 is 5.32 Å². The predicted octanol–water partition coefficient (Wildman–Crippen LogP) is 3.96. The van der Waals surface area contributed by atoms with E-state index in [1.165, 1.54) is 35.4 Å². The minimum atomic E-state index is -0.376.